The van der Waals surface area contributed by atoms with E-state index in [0.717, 1.165) is 0 Å². The summed E-state index contributed by atoms with van der Waals surface area (Å²) in [5, 5.41) is -7.73. The summed E-state index contributed by atoms with van der Waals surface area (Å²) in [5.41, 5.74) is -1.79. The SMILES string of the molecule is CCCCS(=O)(=O)Nc1ccc(NS(=O)(=O)C(F)(F)C(F)(F)C(F)(F)C(F)(F)C(F)(F)C(F)(F)C(F)(F)C(F)(F)F)cc1. The van der Waals surface area contributed by atoms with Crippen molar-refractivity contribution in [1.29, 1.82) is 0 Å². The molecular formula is C18H15F17N2O4S2. The Bertz CT molecular complexity index is 1360. The van der Waals surface area contributed by atoms with Gasteiger partial charge in [0.1, 0.15) is 0 Å². The van der Waals surface area contributed by atoms with Gasteiger partial charge in [-0.2, -0.15) is 83.1 Å². The lowest BCUT2D eigenvalue weighted by molar-refractivity contribution is -0.458. The molecule has 0 atom stereocenters. The molecule has 0 aliphatic rings. The Morgan fingerprint density at radius 1 is 0.535 bits per heavy atom. The first-order valence-corrected chi connectivity index (χ1v) is 13.7. The van der Waals surface area contributed by atoms with E-state index in [1.807, 2.05) is 4.72 Å². The smallest absolute Gasteiger partial charge is 0.284 e. The van der Waals surface area contributed by atoms with E-state index in [1.54, 1.807) is 6.92 Å². The summed E-state index contributed by atoms with van der Waals surface area (Å²) in [6, 6.07) is 1.65. The molecule has 25 heteroatoms. The van der Waals surface area contributed by atoms with Crippen LogP contribution in [0.25, 0.3) is 0 Å². The number of sulfonamides is 2. The van der Waals surface area contributed by atoms with Crippen LogP contribution in [-0.4, -0.2) is 69.6 Å². The first-order valence-electron chi connectivity index (χ1n) is 10.6. The molecule has 0 aliphatic carbocycles. The number of anilines is 2. The summed E-state index contributed by atoms with van der Waals surface area (Å²) < 4.78 is 277. The summed E-state index contributed by atoms with van der Waals surface area (Å²) in [5.74, 6) is -52.6. The van der Waals surface area contributed by atoms with Crippen LogP contribution >= 0.6 is 0 Å². The van der Waals surface area contributed by atoms with Gasteiger partial charge in [-0.1, -0.05) is 13.3 Å². The third-order valence-electron chi connectivity index (χ3n) is 5.21. The van der Waals surface area contributed by atoms with E-state index in [-0.39, 0.29) is 18.6 Å². The molecule has 1 aromatic carbocycles. The molecule has 0 saturated carbocycles. The van der Waals surface area contributed by atoms with Crippen molar-refractivity contribution in [1.82, 2.24) is 0 Å². The summed E-state index contributed by atoms with van der Waals surface area (Å²) in [6.07, 6.45) is -7.39. The van der Waals surface area contributed by atoms with Crippen molar-refractivity contribution < 1.29 is 91.5 Å². The number of halogens is 17. The van der Waals surface area contributed by atoms with E-state index in [4.69, 9.17) is 0 Å². The Labute approximate surface area is 229 Å². The molecule has 43 heavy (non-hydrogen) atoms. The molecule has 1 aromatic rings. The zero-order valence-corrected chi connectivity index (χ0v) is 21.9. The van der Waals surface area contributed by atoms with Crippen LogP contribution in [-0.2, 0) is 20.0 Å². The highest BCUT2D eigenvalue weighted by molar-refractivity contribution is 7.93. The lowest BCUT2D eigenvalue weighted by Crippen LogP contribution is -2.75. The molecule has 0 aromatic heterocycles. The zero-order valence-electron chi connectivity index (χ0n) is 20.3. The van der Waals surface area contributed by atoms with Crippen LogP contribution in [0.4, 0.5) is 86.0 Å². The quantitative estimate of drug-likeness (QED) is 0.205. The van der Waals surface area contributed by atoms with Crippen molar-refractivity contribution >= 4 is 31.4 Å². The summed E-state index contributed by atoms with van der Waals surface area (Å²) >= 11 is 0. The van der Waals surface area contributed by atoms with Crippen molar-refractivity contribution in [2.45, 2.75) is 66.7 Å². The zero-order chi connectivity index (χ0) is 34.5. The van der Waals surface area contributed by atoms with Gasteiger partial charge in [-0.3, -0.25) is 9.44 Å². The Kier molecular flexibility index (Phi) is 10.0. The van der Waals surface area contributed by atoms with Gasteiger partial charge in [0.05, 0.1) is 5.75 Å². The standard InChI is InChI=1S/C18H15F17N2O4S2/c1-2-3-8-42(38,39)36-9-4-6-10(7-5-9)37-43(40,41)18(34,35)16(29,30)14(25,26)12(21,22)11(19,20)13(23,24)15(27,28)17(31,32)33/h4-7,36-37H,2-3,8H2,1H3. The number of hydrogen-bond donors (Lipinski definition) is 2. The van der Waals surface area contributed by atoms with Crippen LogP contribution < -0.4 is 9.44 Å². The van der Waals surface area contributed by atoms with E-state index in [2.05, 4.69) is 0 Å². The van der Waals surface area contributed by atoms with Crippen LogP contribution in [0.2, 0.25) is 0 Å². The van der Waals surface area contributed by atoms with E-state index >= 15 is 0 Å². The summed E-state index contributed by atoms with van der Waals surface area (Å²) in [7, 11) is -11.6. The summed E-state index contributed by atoms with van der Waals surface area (Å²) in [4.78, 5) is 0. The van der Waals surface area contributed by atoms with Gasteiger partial charge in [-0.05, 0) is 30.7 Å². The molecule has 0 radical (unpaired) electrons. The van der Waals surface area contributed by atoms with Gasteiger partial charge in [0.2, 0.25) is 10.0 Å². The van der Waals surface area contributed by atoms with Gasteiger partial charge in [0.25, 0.3) is 0 Å². The van der Waals surface area contributed by atoms with Crippen molar-refractivity contribution in [2.24, 2.45) is 0 Å². The minimum absolute atomic E-state index is 0.133. The van der Waals surface area contributed by atoms with Gasteiger partial charge < -0.3 is 0 Å². The monoisotopic (exact) mass is 710 g/mol. The molecule has 0 unspecified atom stereocenters. The second-order valence-electron chi connectivity index (χ2n) is 8.42. The second-order valence-corrected chi connectivity index (χ2v) is 12.0. The minimum atomic E-state index is -8.93. The highest BCUT2D eigenvalue weighted by Gasteiger charge is 2.96. The van der Waals surface area contributed by atoms with Gasteiger partial charge >= 0.3 is 57.0 Å². The topological polar surface area (TPSA) is 92.3 Å². The van der Waals surface area contributed by atoms with E-state index in [0.29, 0.717) is 23.3 Å². The third kappa shape index (κ3) is 6.23. The molecule has 6 nitrogen and oxygen atoms in total. The van der Waals surface area contributed by atoms with Crippen LogP contribution in [0.1, 0.15) is 19.8 Å². The highest BCUT2D eigenvalue weighted by atomic mass is 32.2. The molecule has 0 spiro atoms. The molecule has 0 aliphatic heterocycles. The Morgan fingerprint density at radius 2 is 0.860 bits per heavy atom. The molecule has 252 valence electrons. The van der Waals surface area contributed by atoms with Gasteiger partial charge in [0.15, 0.2) is 0 Å². The first kappa shape index (κ1) is 38.6. The maximum absolute atomic E-state index is 14.2. The minimum Gasteiger partial charge on any atom is -0.284 e. The van der Waals surface area contributed by atoms with Gasteiger partial charge in [0, 0.05) is 11.4 Å². The maximum Gasteiger partial charge on any atom is 0.460 e. The number of benzene rings is 1. The largest absolute Gasteiger partial charge is 0.460 e. The van der Waals surface area contributed by atoms with Crippen LogP contribution in [0.3, 0.4) is 0 Å². The fourth-order valence-electron chi connectivity index (χ4n) is 2.71. The van der Waals surface area contributed by atoms with E-state index < -0.39 is 84.1 Å². The lowest BCUT2D eigenvalue weighted by atomic mass is 9.91. The summed E-state index contributed by atoms with van der Waals surface area (Å²) in [6.45, 7) is 1.60. The lowest BCUT2D eigenvalue weighted by Gasteiger charge is -2.42. The predicted molar refractivity (Wildman–Crippen MR) is 112 cm³/mol. The number of alkyl halides is 17. The van der Waals surface area contributed by atoms with Crippen LogP contribution in [0.15, 0.2) is 24.3 Å². The Morgan fingerprint density at radius 3 is 1.21 bits per heavy atom. The van der Waals surface area contributed by atoms with Crippen molar-refractivity contribution in [3.05, 3.63) is 24.3 Å². The fourth-order valence-corrected chi connectivity index (χ4v) is 5.01. The average Bonchev–Trinajstić information content (AvgIpc) is 2.82. The third-order valence-corrected chi connectivity index (χ3v) is 8.02. The van der Waals surface area contributed by atoms with Crippen molar-refractivity contribution in [3.8, 4) is 0 Å². The second kappa shape index (κ2) is 11.2. The van der Waals surface area contributed by atoms with Crippen molar-refractivity contribution in [2.75, 3.05) is 15.2 Å². The average molecular weight is 710 g/mol. The van der Waals surface area contributed by atoms with Crippen LogP contribution in [0, 0.1) is 0 Å². The molecule has 0 fully saturated rings. The number of hydrogen-bond acceptors (Lipinski definition) is 4. The van der Waals surface area contributed by atoms with E-state index in [1.165, 1.54) is 0 Å². The molecule has 0 amide bonds. The van der Waals surface area contributed by atoms with Crippen molar-refractivity contribution in [3.63, 3.8) is 0 Å². The number of rotatable bonds is 14. The number of unbranched alkanes of at least 4 members (excludes halogenated alkanes) is 1. The predicted octanol–water partition coefficient (Wildman–Crippen LogP) is 6.94. The Hall–Kier alpha value is -2.47. The number of nitrogens with one attached hydrogen (secondary N) is 2. The molecule has 1 rings (SSSR count). The molecular weight excluding hydrogens is 695 g/mol. The molecule has 0 bridgehead atoms. The molecule has 2 N–H and O–H groups in total. The van der Waals surface area contributed by atoms with Gasteiger partial charge in [-0.15, -0.1) is 0 Å². The fraction of sp³-hybridized carbons (Fsp3) is 0.667. The highest BCUT2D eigenvalue weighted by Crippen LogP contribution is 2.64. The normalized spacial score (nSPS) is 15.4. The molecule has 0 saturated heterocycles. The Balaban J connectivity index is 3.51. The van der Waals surface area contributed by atoms with Crippen LogP contribution in [0.5, 0.6) is 0 Å². The first-order chi connectivity index (χ1) is 18.7. The van der Waals surface area contributed by atoms with E-state index in [9.17, 15) is 91.5 Å². The maximum atomic E-state index is 14.2. The van der Waals surface area contributed by atoms with Gasteiger partial charge in [-0.25, -0.2) is 8.42 Å². The molecule has 0 heterocycles.